The van der Waals surface area contributed by atoms with Gasteiger partial charge in [0.2, 0.25) is 0 Å². The molecule has 2 N–H and O–H groups in total. The van der Waals surface area contributed by atoms with E-state index in [1.165, 1.54) is 0 Å². The Morgan fingerprint density at radius 3 is 2.73 bits per heavy atom. The largest absolute Gasteiger partial charge is 0.393 e. The molecule has 1 fully saturated rings. The Kier molecular flexibility index (Phi) is 5.97. The van der Waals surface area contributed by atoms with Crippen molar-refractivity contribution in [2.24, 2.45) is 5.92 Å². The van der Waals surface area contributed by atoms with Gasteiger partial charge in [-0.3, -0.25) is 4.21 Å². The highest BCUT2D eigenvalue weighted by Gasteiger charge is 2.26. The topological polar surface area (TPSA) is 69.6 Å². The van der Waals surface area contributed by atoms with Crippen molar-refractivity contribution in [3.05, 3.63) is 29.8 Å². The van der Waals surface area contributed by atoms with E-state index >= 15 is 0 Å². The number of benzene rings is 1. The van der Waals surface area contributed by atoms with E-state index in [-0.39, 0.29) is 18.1 Å². The molecule has 0 spiro atoms. The Balaban J connectivity index is 1.85. The second-order valence-electron chi connectivity index (χ2n) is 5.85. The number of carbonyl (C=O) groups excluding carboxylic acids is 1. The minimum absolute atomic E-state index is 0.0894. The van der Waals surface area contributed by atoms with Crippen LogP contribution < -0.4 is 5.32 Å². The van der Waals surface area contributed by atoms with Crippen LogP contribution in [0, 0.1) is 5.92 Å². The fraction of sp³-hybridized carbons (Fsp3) is 0.562. The van der Waals surface area contributed by atoms with Gasteiger partial charge >= 0.3 is 6.03 Å². The number of aliphatic hydroxyl groups is 1. The van der Waals surface area contributed by atoms with E-state index in [1.54, 1.807) is 18.1 Å². The molecular weight excluding hydrogens is 300 g/mol. The SMILES string of the molecule is CC(O)C1CCCN(C(=O)NCc2ccc(S(C)=O)cc2)C1. The lowest BCUT2D eigenvalue weighted by Crippen LogP contribution is -2.47. The molecule has 0 bridgehead atoms. The number of aliphatic hydroxyl groups excluding tert-OH is 1. The van der Waals surface area contributed by atoms with Crippen molar-refractivity contribution in [3.8, 4) is 0 Å². The summed E-state index contributed by atoms with van der Waals surface area (Å²) in [4.78, 5) is 14.8. The summed E-state index contributed by atoms with van der Waals surface area (Å²) in [6.45, 7) is 3.58. The molecule has 0 saturated carbocycles. The van der Waals surface area contributed by atoms with Gasteiger partial charge in [0.25, 0.3) is 0 Å². The summed E-state index contributed by atoms with van der Waals surface area (Å²) in [5, 5.41) is 12.6. The van der Waals surface area contributed by atoms with E-state index in [4.69, 9.17) is 0 Å². The van der Waals surface area contributed by atoms with Crippen LogP contribution in [0.2, 0.25) is 0 Å². The summed E-state index contributed by atoms with van der Waals surface area (Å²) in [6.07, 6.45) is 3.17. The molecule has 1 aromatic rings. The third kappa shape index (κ3) is 4.55. The van der Waals surface area contributed by atoms with Gasteiger partial charge in [-0.05, 0) is 37.5 Å². The summed E-state index contributed by atoms with van der Waals surface area (Å²) in [5.74, 6) is 0.165. The zero-order valence-electron chi connectivity index (χ0n) is 13.1. The van der Waals surface area contributed by atoms with E-state index in [0.717, 1.165) is 29.8 Å². The second kappa shape index (κ2) is 7.74. The zero-order chi connectivity index (χ0) is 16.1. The average Bonchev–Trinajstić information content (AvgIpc) is 2.53. The second-order valence-corrected chi connectivity index (χ2v) is 7.23. The van der Waals surface area contributed by atoms with E-state index in [2.05, 4.69) is 5.32 Å². The third-order valence-corrected chi connectivity index (χ3v) is 5.06. The Hall–Kier alpha value is -1.40. The number of rotatable bonds is 4. The maximum atomic E-state index is 12.2. The lowest BCUT2D eigenvalue weighted by atomic mass is 9.94. The normalized spacial score (nSPS) is 21.2. The van der Waals surface area contributed by atoms with Crippen molar-refractivity contribution >= 4 is 16.8 Å². The van der Waals surface area contributed by atoms with Crippen LogP contribution in [0.15, 0.2) is 29.2 Å². The minimum atomic E-state index is -0.982. The number of likely N-dealkylation sites (tertiary alicyclic amines) is 1. The lowest BCUT2D eigenvalue weighted by molar-refractivity contribution is 0.0738. The lowest BCUT2D eigenvalue weighted by Gasteiger charge is -2.34. The van der Waals surface area contributed by atoms with Crippen molar-refractivity contribution in [1.29, 1.82) is 0 Å². The molecule has 5 nitrogen and oxygen atoms in total. The number of hydrogen-bond acceptors (Lipinski definition) is 3. The summed E-state index contributed by atoms with van der Waals surface area (Å²) in [6, 6.07) is 7.31. The molecule has 2 rings (SSSR count). The molecule has 3 unspecified atom stereocenters. The number of urea groups is 1. The highest BCUT2D eigenvalue weighted by atomic mass is 32.2. The molecule has 122 valence electrons. The Morgan fingerprint density at radius 2 is 2.14 bits per heavy atom. The van der Waals surface area contributed by atoms with Crippen LogP contribution >= 0.6 is 0 Å². The molecular formula is C16H24N2O3S. The average molecular weight is 324 g/mol. The molecule has 1 saturated heterocycles. The molecule has 1 aliphatic rings. The van der Waals surface area contributed by atoms with Crippen LogP contribution in [-0.2, 0) is 17.3 Å². The number of hydrogen-bond donors (Lipinski definition) is 2. The first-order valence-electron chi connectivity index (χ1n) is 7.60. The molecule has 1 aliphatic heterocycles. The molecule has 0 aromatic heterocycles. The third-order valence-electron chi connectivity index (χ3n) is 4.13. The van der Waals surface area contributed by atoms with Crippen LogP contribution in [0.25, 0.3) is 0 Å². The first-order valence-corrected chi connectivity index (χ1v) is 9.16. The molecule has 0 radical (unpaired) electrons. The van der Waals surface area contributed by atoms with Gasteiger partial charge in [0.05, 0.1) is 6.10 Å². The number of piperidine rings is 1. The van der Waals surface area contributed by atoms with E-state index in [0.29, 0.717) is 13.1 Å². The molecule has 2 amide bonds. The first-order chi connectivity index (χ1) is 10.5. The van der Waals surface area contributed by atoms with Gasteiger partial charge in [0.1, 0.15) is 0 Å². The fourth-order valence-corrected chi connectivity index (χ4v) is 3.20. The van der Waals surface area contributed by atoms with Gasteiger partial charge in [-0.1, -0.05) is 12.1 Å². The Morgan fingerprint density at radius 1 is 1.45 bits per heavy atom. The first kappa shape index (κ1) is 17.0. The van der Waals surface area contributed by atoms with Gasteiger partial charge < -0.3 is 15.3 Å². The van der Waals surface area contributed by atoms with Crippen molar-refractivity contribution in [3.63, 3.8) is 0 Å². The van der Waals surface area contributed by atoms with Gasteiger partial charge in [-0.2, -0.15) is 0 Å². The Labute approximate surface area is 134 Å². The summed E-state index contributed by atoms with van der Waals surface area (Å²) >= 11 is 0. The quantitative estimate of drug-likeness (QED) is 0.886. The summed E-state index contributed by atoms with van der Waals surface area (Å²) in [7, 11) is -0.982. The van der Waals surface area contributed by atoms with E-state index in [9.17, 15) is 14.1 Å². The molecule has 0 aliphatic carbocycles. The van der Waals surface area contributed by atoms with E-state index in [1.807, 2.05) is 24.3 Å². The number of carbonyl (C=O) groups is 1. The number of amides is 2. The van der Waals surface area contributed by atoms with Crippen LogP contribution in [-0.4, -0.2) is 45.7 Å². The molecule has 1 aromatic carbocycles. The predicted octanol–water partition coefficient (Wildman–Crippen LogP) is 1.73. The molecule has 22 heavy (non-hydrogen) atoms. The van der Waals surface area contributed by atoms with Crippen LogP contribution in [0.4, 0.5) is 4.79 Å². The highest BCUT2D eigenvalue weighted by molar-refractivity contribution is 7.84. The van der Waals surface area contributed by atoms with Crippen molar-refractivity contribution < 1.29 is 14.1 Å². The standard InChI is InChI=1S/C16H24N2O3S/c1-12(19)14-4-3-9-18(11-14)16(20)17-10-13-5-7-15(8-6-13)22(2)21/h5-8,12,14,19H,3-4,9-11H2,1-2H3,(H,17,20). The summed E-state index contributed by atoms with van der Waals surface area (Å²) < 4.78 is 11.3. The van der Waals surface area contributed by atoms with Crippen molar-refractivity contribution in [2.45, 2.75) is 37.3 Å². The maximum Gasteiger partial charge on any atom is 0.317 e. The number of nitrogens with one attached hydrogen (secondary N) is 1. The molecule has 6 heteroatoms. The number of nitrogens with zero attached hydrogens (tertiary/aromatic N) is 1. The molecule has 1 heterocycles. The van der Waals surface area contributed by atoms with Gasteiger partial charge in [-0.15, -0.1) is 0 Å². The highest BCUT2D eigenvalue weighted by Crippen LogP contribution is 2.19. The zero-order valence-corrected chi connectivity index (χ0v) is 13.9. The van der Waals surface area contributed by atoms with Gasteiger partial charge in [-0.25, -0.2) is 4.79 Å². The van der Waals surface area contributed by atoms with Gasteiger partial charge in [0.15, 0.2) is 0 Å². The fourth-order valence-electron chi connectivity index (χ4n) is 2.68. The Bertz CT molecular complexity index is 531. The van der Waals surface area contributed by atoms with Crippen LogP contribution in [0.5, 0.6) is 0 Å². The van der Waals surface area contributed by atoms with Crippen molar-refractivity contribution in [2.75, 3.05) is 19.3 Å². The minimum Gasteiger partial charge on any atom is -0.393 e. The maximum absolute atomic E-state index is 12.2. The smallest absolute Gasteiger partial charge is 0.317 e. The van der Waals surface area contributed by atoms with E-state index < -0.39 is 10.8 Å². The van der Waals surface area contributed by atoms with Gasteiger partial charge in [0, 0.05) is 47.5 Å². The monoisotopic (exact) mass is 324 g/mol. The van der Waals surface area contributed by atoms with Crippen molar-refractivity contribution in [1.82, 2.24) is 10.2 Å². The van der Waals surface area contributed by atoms with Crippen LogP contribution in [0.3, 0.4) is 0 Å². The molecule has 3 atom stereocenters. The predicted molar refractivity (Wildman–Crippen MR) is 87.0 cm³/mol. The summed E-state index contributed by atoms with van der Waals surface area (Å²) in [5.41, 5.74) is 0.978. The van der Waals surface area contributed by atoms with Crippen LogP contribution in [0.1, 0.15) is 25.3 Å².